The Morgan fingerprint density at radius 1 is 0.833 bits per heavy atom. The van der Waals surface area contributed by atoms with Crippen molar-refractivity contribution < 1.29 is 0 Å². The van der Waals surface area contributed by atoms with E-state index in [9.17, 15) is 4.79 Å². The topological polar surface area (TPSA) is 22.0 Å². The second-order valence-electron chi connectivity index (χ2n) is 4.93. The molecular weight excluding hydrogens is 222 g/mol. The van der Waals surface area contributed by atoms with E-state index in [4.69, 9.17) is 0 Å². The van der Waals surface area contributed by atoms with Crippen LogP contribution < -0.4 is 5.43 Å². The third-order valence-corrected chi connectivity index (χ3v) is 3.52. The van der Waals surface area contributed by atoms with Crippen molar-refractivity contribution in [1.29, 1.82) is 0 Å². The van der Waals surface area contributed by atoms with Crippen LogP contribution in [0.4, 0.5) is 0 Å². The molecule has 2 heteroatoms. The SMILES string of the molecule is Cc1ccc2c(c1)c(=O)c1cc(C)ccc1n2C. The van der Waals surface area contributed by atoms with Crippen molar-refractivity contribution in [2.75, 3.05) is 0 Å². The number of nitrogens with zero attached hydrogens (tertiary/aromatic N) is 1. The first kappa shape index (κ1) is 11.0. The molecule has 0 spiro atoms. The summed E-state index contributed by atoms with van der Waals surface area (Å²) in [5.41, 5.74) is 4.34. The molecule has 0 bridgehead atoms. The molecule has 0 saturated heterocycles. The van der Waals surface area contributed by atoms with E-state index in [-0.39, 0.29) is 5.43 Å². The Morgan fingerprint density at radius 3 is 1.72 bits per heavy atom. The molecule has 0 aliphatic carbocycles. The predicted molar refractivity (Wildman–Crippen MR) is 76.2 cm³/mol. The molecule has 1 heterocycles. The van der Waals surface area contributed by atoms with Gasteiger partial charge in [-0.3, -0.25) is 4.79 Å². The van der Waals surface area contributed by atoms with Gasteiger partial charge in [0.1, 0.15) is 0 Å². The van der Waals surface area contributed by atoms with Gasteiger partial charge in [-0.05, 0) is 38.1 Å². The number of aryl methyl sites for hydroxylation is 3. The zero-order valence-electron chi connectivity index (χ0n) is 10.8. The first-order chi connectivity index (χ1) is 8.58. The lowest BCUT2D eigenvalue weighted by Crippen LogP contribution is -2.09. The second-order valence-corrected chi connectivity index (χ2v) is 4.93. The lowest BCUT2D eigenvalue weighted by Gasteiger charge is -2.11. The van der Waals surface area contributed by atoms with Gasteiger partial charge in [0.15, 0.2) is 5.43 Å². The van der Waals surface area contributed by atoms with Crippen molar-refractivity contribution in [3.05, 3.63) is 57.7 Å². The molecular formula is C16H15NO. The average Bonchev–Trinajstić information content (AvgIpc) is 2.35. The van der Waals surface area contributed by atoms with Crippen LogP contribution in [0.25, 0.3) is 21.8 Å². The molecule has 0 fully saturated rings. The highest BCUT2D eigenvalue weighted by atomic mass is 16.1. The minimum Gasteiger partial charge on any atom is -0.343 e. The van der Waals surface area contributed by atoms with Crippen LogP contribution in [0.2, 0.25) is 0 Å². The summed E-state index contributed by atoms with van der Waals surface area (Å²) in [6.45, 7) is 4.03. The first-order valence-corrected chi connectivity index (χ1v) is 6.07. The monoisotopic (exact) mass is 237 g/mol. The van der Waals surface area contributed by atoms with Crippen LogP contribution >= 0.6 is 0 Å². The number of aromatic nitrogens is 1. The molecule has 0 amide bonds. The summed E-state index contributed by atoms with van der Waals surface area (Å²) in [4.78, 5) is 12.5. The number of rotatable bonds is 0. The Bertz CT molecular complexity index is 762. The minimum atomic E-state index is 0.130. The van der Waals surface area contributed by atoms with Gasteiger partial charge in [0, 0.05) is 17.8 Å². The highest BCUT2D eigenvalue weighted by molar-refractivity contribution is 5.93. The molecule has 0 aliphatic rings. The van der Waals surface area contributed by atoms with Crippen LogP contribution in [0.15, 0.2) is 41.2 Å². The summed E-state index contributed by atoms with van der Waals surface area (Å²) in [7, 11) is 2.01. The van der Waals surface area contributed by atoms with E-state index < -0.39 is 0 Å². The zero-order chi connectivity index (χ0) is 12.9. The van der Waals surface area contributed by atoms with Crippen molar-refractivity contribution in [1.82, 2.24) is 4.57 Å². The summed E-state index contributed by atoms with van der Waals surface area (Å²) in [6, 6.07) is 12.1. The van der Waals surface area contributed by atoms with Crippen LogP contribution in [0.5, 0.6) is 0 Å². The molecule has 18 heavy (non-hydrogen) atoms. The molecule has 0 saturated carbocycles. The molecule has 0 atom stereocenters. The summed E-state index contributed by atoms with van der Waals surface area (Å²) in [5.74, 6) is 0. The van der Waals surface area contributed by atoms with Gasteiger partial charge < -0.3 is 4.57 Å². The van der Waals surface area contributed by atoms with Crippen molar-refractivity contribution in [3.63, 3.8) is 0 Å². The standard InChI is InChI=1S/C16H15NO/c1-10-4-6-14-12(8-10)16(18)13-9-11(2)5-7-15(13)17(14)3/h4-9H,1-3H3. The van der Waals surface area contributed by atoms with E-state index in [1.807, 2.05) is 57.3 Å². The average molecular weight is 237 g/mol. The maximum atomic E-state index is 12.5. The van der Waals surface area contributed by atoms with E-state index in [0.717, 1.165) is 32.9 Å². The zero-order valence-corrected chi connectivity index (χ0v) is 10.8. The molecule has 1 aromatic heterocycles. The fraction of sp³-hybridized carbons (Fsp3) is 0.188. The summed E-state index contributed by atoms with van der Waals surface area (Å²) < 4.78 is 2.09. The highest BCUT2D eigenvalue weighted by Gasteiger charge is 2.08. The van der Waals surface area contributed by atoms with E-state index in [0.29, 0.717) is 0 Å². The largest absolute Gasteiger partial charge is 0.343 e. The fourth-order valence-corrected chi connectivity index (χ4v) is 2.52. The molecule has 0 N–H and O–H groups in total. The lowest BCUT2D eigenvalue weighted by atomic mass is 10.1. The van der Waals surface area contributed by atoms with Gasteiger partial charge in [0.05, 0.1) is 11.0 Å². The van der Waals surface area contributed by atoms with Gasteiger partial charge in [-0.1, -0.05) is 23.3 Å². The smallest absolute Gasteiger partial charge is 0.197 e. The van der Waals surface area contributed by atoms with Gasteiger partial charge in [-0.25, -0.2) is 0 Å². The summed E-state index contributed by atoms with van der Waals surface area (Å²) in [6.07, 6.45) is 0. The molecule has 3 aromatic rings. The van der Waals surface area contributed by atoms with Crippen LogP contribution in [0, 0.1) is 13.8 Å². The third kappa shape index (κ3) is 1.46. The van der Waals surface area contributed by atoms with Crippen molar-refractivity contribution in [2.24, 2.45) is 7.05 Å². The van der Waals surface area contributed by atoms with Gasteiger partial charge in [0.2, 0.25) is 0 Å². The lowest BCUT2D eigenvalue weighted by molar-refractivity contribution is 1.00. The second kappa shape index (κ2) is 3.70. The molecule has 0 radical (unpaired) electrons. The maximum absolute atomic E-state index is 12.5. The van der Waals surface area contributed by atoms with Gasteiger partial charge in [-0.2, -0.15) is 0 Å². The Morgan fingerprint density at radius 2 is 1.28 bits per heavy atom. The van der Waals surface area contributed by atoms with Crippen LogP contribution in [0.3, 0.4) is 0 Å². The van der Waals surface area contributed by atoms with Crippen molar-refractivity contribution in [2.45, 2.75) is 13.8 Å². The van der Waals surface area contributed by atoms with Crippen LogP contribution in [0.1, 0.15) is 11.1 Å². The molecule has 2 nitrogen and oxygen atoms in total. The van der Waals surface area contributed by atoms with Crippen LogP contribution in [-0.4, -0.2) is 4.57 Å². The number of fused-ring (bicyclic) bond motifs is 2. The number of hydrogen-bond donors (Lipinski definition) is 0. The first-order valence-electron chi connectivity index (χ1n) is 6.07. The number of hydrogen-bond acceptors (Lipinski definition) is 1. The quantitative estimate of drug-likeness (QED) is 0.550. The Labute approximate surface area is 105 Å². The molecule has 90 valence electrons. The van der Waals surface area contributed by atoms with Gasteiger partial charge >= 0.3 is 0 Å². The highest BCUT2D eigenvalue weighted by Crippen LogP contribution is 2.19. The Balaban J connectivity index is 2.65. The fourth-order valence-electron chi connectivity index (χ4n) is 2.52. The van der Waals surface area contributed by atoms with E-state index >= 15 is 0 Å². The van der Waals surface area contributed by atoms with Crippen molar-refractivity contribution >= 4 is 21.8 Å². The molecule has 3 rings (SSSR count). The predicted octanol–water partition coefficient (Wildman–Crippen LogP) is 3.31. The third-order valence-electron chi connectivity index (χ3n) is 3.52. The minimum absolute atomic E-state index is 0.130. The molecule has 0 unspecified atom stereocenters. The normalized spacial score (nSPS) is 11.3. The van der Waals surface area contributed by atoms with Gasteiger partial charge in [-0.15, -0.1) is 0 Å². The molecule has 0 aliphatic heterocycles. The maximum Gasteiger partial charge on any atom is 0.197 e. The van der Waals surface area contributed by atoms with E-state index in [1.165, 1.54) is 0 Å². The van der Waals surface area contributed by atoms with E-state index in [1.54, 1.807) is 0 Å². The van der Waals surface area contributed by atoms with E-state index in [2.05, 4.69) is 4.57 Å². The molecule has 2 aromatic carbocycles. The number of benzene rings is 2. The summed E-state index contributed by atoms with van der Waals surface area (Å²) in [5, 5.41) is 1.60. The Kier molecular flexibility index (Phi) is 2.27. The summed E-state index contributed by atoms with van der Waals surface area (Å²) >= 11 is 0. The van der Waals surface area contributed by atoms with Crippen molar-refractivity contribution in [3.8, 4) is 0 Å². The number of pyridine rings is 1. The van der Waals surface area contributed by atoms with Crippen LogP contribution in [-0.2, 0) is 7.05 Å². The Hall–Kier alpha value is -2.09. The van der Waals surface area contributed by atoms with Gasteiger partial charge in [0.25, 0.3) is 0 Å².